The van der Waals surface area contributed by atoms with Crippen molar-refractivity contribution in [1.82, 2.24) is 19.7 Å². The van der Waals surface area contributed by atoms with E-state index in [0.29, 0.717) is 37.2 Å². The lowest BCUT2D eigenvalue weighted by Crippen LogP contribution is -2.40. The summed E-state index contributed by atoms with van der Waals surface area (Å²) in [6.07, 6.45) is 6.58. The number of halogens is 2. The predicted octanol–water partition coefficient (Wildman–Crippen LogP) is 5.60. The van der Waals surface area contributed by atoms with Gasteiger partial charge in [0.05, 0.1) is 40.2 Å². The summed E-state index contributed by atoms with van der Waals surface area (Å²) in [6, 6.07) is 6.46. The van der Waals surface area contributed by atoms with E-state index >= 15 is 0 Å². The summed E-state index contributed by atoms with van der Waals surface area (Å²) in [6.45, 7) is 6.14. The van der Waals surface area contributed by atoms with Crippen LogP contribution in [-0.2, 0) is 16.8 Å². The number of nitrogens with zero attached hydrogens (tertiary/aromatic N) is 4. The number of aliphatic carboxylic acids is 1. The summed E-state index contributed by atoms with van der Waals surface area (Å²) in [4.78, 5) is 21.2. The molecule has 1 aliphatic carbocycles. The van der Waals surface area contributed by atoms with Crippen LogP contribution in [0.2, 0.25) is 5.02 Å². The van der Waals surface area contributed by atoms with Crippen LogP contribution < -0.4 is 10.1 Å². The Labute approximate surface area is 208 Å². The first kappa shape index (κ1) is 24.9. The number of rotatable bonds is 7. The van der Waals surface area contributed by atoms with E-state index in [1.165, 1.54) is 12.1 Å². The first-order valence-corrected chi connectivity index (χ1v) is 11.9. The number of aromatic nitrogens is 4. The lowest BCUT2D eigenvalue weighted by Gasteiger charge is -2.36. The molecule has 35 heavy (non-hydrogen) atoms. The quantitative estimate of drug-likeness (QED) is 0.434. The average molecular weight is 502 g/mol. The molecule has 0 amide bonds. The number of nitrogens with one attached hydrogen (secondary N) is 1. The minimum Gasteiger partial charge on any atom is -0.487 e. The molecule has 0 saturated heterocycles. The highest BCUT2D eigenvalue weighted by molar-refractivity contribution is 6.30. The van der Waals surface area contributed by atoms with Crippen LogP contribution >= 0.6 is 11.6 Å². The molecular formula is C25H29ClFN5O3. The molecule has 1 fully saturated rings. The maximum absolute atomic E-state index is 14.2. The number of carboxylic acid groups (broad SMARTS) is 1. The van der Waals surface area contributed by atoms with E-state index in [0.717, 1.165) is 5.82 Å². The summed E-state index contributed by atoms with van der Waals surface area (Å²) >= 11 is 5.84. The molecule has 0 spiro atoms. The monoisotopic (exact) mass is 501 g/mol. The van der Waals surface area contributed by atoms with Crippen molar-refractivity contribution in [2.24, 2.45) is 5.41 Å². The number of anilines is 2. The summed E-state index contributed by atoms with van der Waals surface area (Å²) in [7, 11) is 0. The maximum Gasteiger partial charge on any atom is 0.310 e. The third-order valence-corrected chi connectivity index (χ3v) is 6.58. The minimum atomic E-state index is -0.993. The van der Waals surface area contributed by atoms with E-state index in [-0.39, 0.29) is 28.8 Å². The van der Waals surface area contributed by atoms with Crippen LogP contribution in [0.15, 0.2) is 42.9 Å². The Morgan fingerprint density at radius 2 is 2.03 bits per heavy atom. The van der Waals surface area contributed by atoms with Gasteiger partial charge in [0.15, 0.2) is 11.6 Å². The molecular weight excluding hydrogens is 473 g/mol. The van der Waals surface area contributed by atoms with Gasteiger partial charge in [-0.1, -0.05) is 17.7 Å². The highest BCUT2D eigenvalue weighted by Gasteiger charge is 2.43. The van der Waals surface area contributed by atoms with Gasteiger partial charge in [-0.2, -0.15) is 5.10 Å². The van der Waals surface area contributed by atoms with Gasteiger partial charge < -0.3 is 15.2 Å². The maximum atomic E-state index is 14.2. The highest BCUT2D eigenvalue weighted by Crippen LogP contribution is 2.41. The second-order valence-electron chi connectivity index (χ2n) is 9.95. The fourth-order valence-corrected chi connectivity index (χ4v) is 4.61. The minimum absolute atomic E-state index is 0.00388. The molecule has 1 saturated carbocycles. The molecule has 4 rings (SSSR count). The van der Waals surface area contributed by atoms with Crippen LogP contribution in [0.4, 0.5) is 16.0 Å². The van der Waals surface area contributed by atoms with Crippen LogP contribution in [0.5, 0.6) is 5.75 Å². The van der Waals surface area contributed by atoms with E-state index in [1.807, 2.05) is 31.5 Å². The Morgan fingerprint density at radius 3 is 2.71 bits per heavy atom. The van der Waals surface area contributed by atoms with Gasteiger partial charge in [-0.05, 0) is 58.6 Å². The number of carbonyl (C=O) groups is 1. The molecule has 2 heterocycles. The summed E-state index contributed by atoms with van der Waals surface area (Å²) < 4.78 is 21.9. The van der Waals surface area contributed by atoms with Gasteiger partial charge >= 0.3 is 5.97 Å². The normalized spacial score (nSPS) is 20.4. The fraction of sp³-hybridized carbons (Fsp3) is 0.440. The summed E-state index contributed by atoms with van der Waals surface area (Å²) in [5.74, 6) is -0.109. The molecule has 0 atom stereocenters. The van der Waals surface area contributed by atoms with Crippen molar-refractivity contribution in [1.29, 1.82) is 0 Å². The largest absolute Gasteiger partial charge is 0.487 e. The van der Waals surface area contributed by atoms with Crippen LogP contribution in [0.1, 0.15) is 52.1 Å². The van der Waals surface area contributed by atoms with Crippen LogP contribution in [0, 0.1) is 11.2 Å². The Bertz CT molecular complexity index is 1200. The van der Waals surface area contributed by atoms with Gasteiger partial charge in [0.2, 0.25) is 0 Å². The first-order valence-electron chi connectivity index (χ1n) is 11.5. The van der Waals surface area contributed by atoms with Gasteiger partial charge in [-0.15, -0.1) is 0 Å². The number of hydrogen-bond acceptors (Lipinski definition) is 6. The van der Waals surface area contributed by atoms with Gasteiger partial charge in [-0.25, -0.2) is 14.1 Å². The molecule has 3 aromatic rings. The Kier molecular flexibility index (Phi) is 6.98. The molecule has 1 aromatic carbocycles. The zero-order valence-electron chi connectivity index (χ0n) is 20.0. The van der Waals surface area contributed by atoms with Gasteiger partial charge in [0.1, 0.15) is 11.6 Å². The first-order chi connectivity index (χ1) is 16.6. The molecule has 2 aromatic heterocycles. The van der Waals surface area contributed by atoms with E-state index in [1.54, 1.807) is 24.7 Å². The zero-order valence-corrected chi connectivity index (χ0v) is 20.7. The van der Waals surface area contributed by atoms with Crippen molar-refractivity contribution in [2.75, 3.05) is 5.32 Å². The smallest absolute Gasteiger partial charge is 0.310 e. The van der Waals surface area contributed by atoms with Crippen molar-refractivity contribution < 1.29 is 19.0 Å². The lowest BCUT2D eigenvalue weighted by atomic mass is 9.70. The van der Waals surface area contributed by atoms with Crippen LogP contribution in [0.3, 0.4) is 0 Å². The predicted molar refractivity (Wildman–Crippen MR) is 131 cm³/mol. The van der Waals surface area contributed by atoms with Gasteiger partial charge in [0, 0.05) is 18.7 Å². The van der Waals surface area contributed by atoms with Gasteiger partial charge in [0.25, 0.3) is 0 Å². The highest BCUT2D eigenvalue weighted by atomic mass is 35.5. The van der Waals surface area contributed by atoms with Crippen LogP contribution in [-0.4, -0.2) is 36.9 Å². The molecule has 8 nitrogen and oxygen atoms in total. The van der Waals surface area contributed by atoms with Crippen molar-refractivity contribution in [2.45, 2.75) is 64.5 Å². The molecule has 0 unspecified atom stereocenters. The molecule has 0 bridgehead atoms. The van der Waals surface area contributed by atoms with E-state index in [2.05, 4.69) is 20.4 Å². The number of benzene rings is 1. The molecule has 1 aliphatic rings. The molecule has 186 valence electrons. The third kappa shape index (κ3) is 5.56. The Balaban J connectivity index is 1.45. The second-order valence-corrected chi connectivity index (χ2v) is 10.4. The number of carboxylic acids is 1. The second kappa shape index (κ2) is 9.81. The van der Waals surface area contributed by atoms with E-state index in [9.17, 15) is 14.3 Å². The summed E-state index contributed by atoms with van der Waals surface area (Å²) in [5.41, 5.74) is -0.633. The van der Waals surface area contributed by atoms with Gasteiger partial charge in [-0.3, -0.25) is 9.78 Å². The lowest BCUT2D eigenvalue weighted by molar-refractivity contribution is -0.152. The Hall–Kier alpha value is -3.20. The van der Waals surface area contributed by atoms with Crippen molar-refractivity contribution in [3.8, 4) is 5.75 Å². The number of hydrogen-bond donors (Lipinski definition) is 2. The number of ether oxygens (including phenoxy) is 1. The zero-order chi connectivity index (χ0) is 25.2. The van der Waals surface area contributed by atoms with Crippen molar-refractivity contribution in [3.05, 3.63) is 59.4 Å². The van der Waals surface area contributed by atoms with Crippen LogP contribution in [0.25, 0.3) is 0 Å². The molecule has 0 aliphatic heterocycles. The molecule has 0 radical (unpaired) electrons. The standard InChI is InChI=1S/C25H29ClFN5O3/c1-24(2,3)32-21(9-12-29-32)31-20-15-28-14-16(30-20)13-25(23(33)34)10-7-17(8-11-25)35-19-6-4-5-18(26)22(19)27/h4-6,9,12,14-15,17H,7-8,10-11,13H2,1-3H3,(H,30,31)(H,33,34). The van der Waals surface area contributed by atoms with Crippen molar-refractivity contribution in [3.63, 3.8) is 0 Å². The molecule has 2 N–H and O–H groups in total. The topological polar surface area (TPSA) is 102 Å². The van der Waals surface area contributed by atoms with E-state index < -0.39 is 17.2 Å². The Morgan fingerprint density at radius 1 is 1.29 bits per heavy atom. The van der Waals surface area contributed by atoms with E-state index in [4.69, 9.17) is 16.3 Å². The SMILES string of the molecule is CC(C)(C)n1nccc1Nc1cncc(CC2(C(=O)O)CCC(Oc3cccc(Cl)c3F)CC2)n1. The average Bonchev–Trinajstić information content (AvgIpc) is 3.27. The van der Waals surface area contributed by atoms with Crippen molar-refractivity contribution >= 4 is 29.2 Å². The fourth-order valence-electron chi connectivity index (χ4n) is 4.44. The summed E-state index contributed by atoms with van der Waals surface area (Å²) in [5, 5.41) is 17.7. The third-order valence-electron chi connectivity index (χ3n) is 6.29. The molecule has 10 heteroatoms.